The van der Waals surface area contributed by atoms with Crippen molar-refractivity contribution in [2.24, 2.45) is 5.92 Å². The third-order valence-electron chi connectivity index (χ3n) is 7.08. The molecule has 2 aromatic heterocycles. The van der Waals surface area contributed by atoms with Crippen molar-refractivity contribution in [1.29, 1.82) is 0 Å². The quantitative estimate of drug-likeness (QED) is 0.485. The minimum absolute atomic E-state index is 0.0968. The number of hydrogen-bond donors (Lipinski definition) is 3. The van der Waals surface area contributed by atoms with Crippen LogP contribution in [0.25, 0.3) is 11.0 Å². The average Bonchev–Trinajstić information content (AvgIpc) is 3.49. The minimum Gasteiger partial charge on any atom is -0.391 e. The van der Waals surface area contributed by atoms with Gasteiger partial charge in [0, 0.05) is 12.2 Å². The van der Waals surface area contributed by atoms with Crippen molar-refractivity contribution in [2.45, 2.75) is 56.8 Å². The van der Waals surface area contributed by atoms with Crippen molar-refractivity contribution >= 4 is 27.2 Å². The molecule has 0 unspecified atom stereocenters. The van der Waals surface area contributed by atoms with Gasteiger partial charge in [-0.2, -0.15) is 13.1 Å². The normalized spacial score (nSPS) is 27.2. The van der Waals surface area contributed by atoms with Gasteiger partial charge in [-0.25, -0.2) is 9.97 Å². The molecule has 1 saturated carbocycles. The van der Waals surface area contributed by atoms with E-state index in [2.05, 4.69) is 55.4 Å². The summed E-state index contributed by atoms with van der Waals surface area (Å²) in [5.41, 5.74) is 3.47. The van der Waals surface area contributed by atoms with Gasteiger partial charge in [-0.15, -0.1) is 0 Å². The van der Waals surface area contributed by atoms with Gasteiger partial charge in [-0.3, -0.25) is 4.18 Å². The molecule has 0 bridgehead atoms. The van der Waals surface area contributed by atoms with E-state index in [1.165, 1.54) is 11.1 Å². The number of rotatable bonds is 7. The number of nitrogens with zero attached hydrogens (tertiary/aromatic N) is 3. The maximum Gasteiger partial charge on any atom is 0.335 e. The van der Waals surface area contributed by atoms with Crippen LogP contribution in [0, 0.1) is 5.92 Å². The molecule has 3 N–H and O–H groups in total. The molecule has 5 atom stereocenters. The summed E-state index contributed by atoms with van der Waals surface area (Å²) in [6, 6.07) is 10.0. The second-order valence-electron chi connectivity index (χ2n) is 8.91. The fourth-order valence-electron chi connectivity index (χ4n) is 5.36. The summed E-state index contributed by atoms with van der Waals surface area (Å²) in [5.74, 6) is 1.28. The smallest absolute Gasteiger partial charge is 0.335 e. The lowest BCUT2D eigenvalue weighted by atomic mass is 9.98. The summed E-state index contributed by atoms with van der Waals surface area (Å²) in [5, 5.41) is 15.0. The Morgan fingerprint density at radius 1 is 1.21 bits per heavy atom. The Kier molecular flexibility index (Phi) is 5.86. The third-order valence-corrected chi connectivity index (χ3v) is 8.11. The maximum absolute atomic E-state index is 11.8. The zero-order chi connectivity index (χ0) is 23.2. The van der Waals surface area contributed by atoms with Crippen molar-refractivity contribution in [2.75, 3.05) is 12.4 Å². The van der Waals surface area contributed by atoms with E-state index in [1.54, 1.807) is 6.33 Å². The molecular weight excluding hydrogens is 442 g/mol. The Bertz CT molecular complexity index is 1260. The second kappa shape index (κ2) is 8.68. The van der Waals surface area contributed by atoms with Crippen molar-refractivity contribution in [3.05, 3.63) is 54.0 Å². The fraction of sp³-hybridized carbons (Fsp3) is 0.478. The van der Waals surface area contributed by atoms with Crippen LogP contribution in [0.4, 0.5) is 5.82 Å². The predicted molar refractivity (Wildman–Crippen MR) is 125 cm³/mol. The molecule has 2 aliphatic carbocycles. The number of benzene rings is 1. The third kappa shape index (κ3) is 4.12. The topological polar surface area (TPSA) is 118 Å². The number of aromatic nitrogens is 3. The Labute approximate surface area is 193 Å². The summed E-state index contributed by atoms with van der Waals surface area (Å²) < 4.78 is 32.5. The number of aliphatic hydroxyl groups excluding tert-OH is 1. The highest BCUT2D eigenvalue weighted by Crippen LogP contribution is 2.41. The predicted octanol–water partition coefficient (Wildman–Crippen LogP) is 2.71. The number of nitrogens with one attached hydrogen (secondary N) is 2. The van der Waals surface area contributed by atoms with Crippen LogP contribution >= 0.6 is 0 Å². The first-order chi connectivity index (χ1) is 15.9. The van der Waals surface area contributed by atoms with Gasteiger partial charge in [0.2, 0.25) is 0 Å². The highest BCUT2D eigenvalue weighted by atomic mass is 32.2. The Morgan fingerprint density at radius 2 is 2.03 bits per heavy atom. The van der Waals surface area contributed by atoms with Crippen LogP contribution in [0.5, 0.6) is 0 Å². The standard InChI is InChI=1S/C23H29N5O4S/c1-3-14-10-15-6-4-5-7-17(15)21(14)26-22-18-8-9-28(23(18)25-13-24-22)16-11-19(20(29)12-16)27-33(30,31)32-2/h4-9,13-14,16,19-21,27,29H,3,10-12H2,1-2H3,(H,24,25,26)/t14-,16+,19-,20-,21-/m1/s1. The van der Waals surface area contributed by atoms with E-state index in [0.29, 0.717) is 18.8 Å². The molecule has 0 spiro atoms. The molecule has 5 rings (SSSR count). The molecule has 33 heavy (non-hydrogen) atoms. The van der Waals surface area contributed by atoms with Crippen LogP contribution in [-0.4, -0.2) is 47.3 Å². The van der Waals surface area contributed by atoms with Crippen LogP contribution in [0.2, 0.25) is 0 Å². The zero-order valence-electron chi connectivity index (χ0n) is 18.7. The van der Waals surface area contributed by atoms with Gasteiger partial charge in [-0.1, -0.05) is 37.6 Å². The number of hydrogen-bond acceptors (Lipinski definition) is 7. The Morgan fingerprint density at radius 3 is 2.82 bits per heavy atom. The average molecular weight is 472 g/mol. The summed E-state index contributed by atoms with van der Waals surface area (Å²) >= 11 is 0. The van der Waals surface area contributed by atoms with Crippen molar-refractivity contribution in [3.8, 4) is 0 Å². The molecule has 9 nitrogen and oxygen atoms in total. The summed E-state index contributed by atoms with van der Waals surface area (Å²) in [6.07, 6.45) is 5.67. The summed E-state index contributed by atoms with van der Waals surface area (Å²) in [7, 11) is -2.78. The Hall–Kier alpha value is -2.53. The highest BCUT2D eigenvalue weighted by Gasteiger charge is 2.37. The molecular formula is C23H29N5O4S. The van der Waals surface area contributed by atoms with Crippen LogP contribution in [0.15, 0.2) is 42.9 Å². The molecule has 3 aromatic rings. The van der Waals surface area contributed by atoms with Gasteiger partial charge >= 0.3 is 10.3 Å². The van der Waals surface area contributed by atoms with Gasteiger partial charge < -0.3 is 15.0 Å². The SMILES string of the molecule is CC[C@@H]1Cc2ccccc2[C@@H]1Nc1ncnc2c1ccn2[C@@H]1C[C@@H](O)[C@H](NS(=O)(=O)OC)C1. The first-order valence-electron chi connectivity index (χ1n) is 11.3. The van der Waals surface area contributed by atoms with E-state index in [4.69, 9.17) is 0 Å². The zero-order valence-corrected chi connectivity index (χ0v) is 19.5. The van der Waals surface area contributed by atoms with Crippen LogP contribution in [0.3, 0.4) is 0 Å². The number of anilines is 1. The molecule has 10 heteroatoms. The monoisotopic (exact) mass is 471 g/mol. The van der Waals surface area contributed by atoms with E-state index >= 15 is 0 Å². The van der Waals surface area contributed by atoms with Crippen LogP contribution in [-0.2, 0) is 20.9 Å². The second-order valence-corrected chi connectivity index (χ2v) is 10.4. The fourth-order valence-corrected chi connectivity index (χ4v) is 6.08. The molecule has 1 fully saturated rings. The summed E-state index contributed by atoms with van der Waals surface area (Å²) in [4.78, 5) is 9.06. The molecule has 0 amide bonds. The van der Waals surface area contributed by atoms with Gasteiger partial charge in [0.15, 0.2) is 0 Å². The van der Waals surface area contributed by atoms with Crippen molar-refractivity contribution in [3.63, 3.8) is 0 Å². The van der Waals surface area contributed by atoms with Gasteiger partial charge in [-0.05, 0) is 42.4 Å². The summed E-state index contributed by atoms with van der Waals surface area (Å²) in [6.45, 7) is 2.22. The van der Waals surface area contributed by atoms with Crippen molar-refractivity contribution in [1.82, 2.24) is 19.3 Å². The molecule has 0 aliphatic heterocycles. The molecule has 176 valence electrons. The van der Waals surface area contributed by atoms with E-state index in [0.717, 1.165) is 36.8 Å². The molecule has 2 aliphatic rings. The van der Waals surface area contributed by atoms with Gasteiger partial charge in [0.25, 0.3) is 0 Å². The first kappa shape index (κ1) is 22.3. The van der Waals surface area contributed by atoms with Gasteiger partial charge in [0.1, 0.15) is 17.8 Å². The van der Waals surface area contributed by atoms with E-state index in [1.807, 2.05) is 16.8 Å². The lowest BCUT2D eigenvalue weighted by Gasteiger charge is -2.22. The molecule has 1 aromatic carbocycles. The largest absolute Gasteiger partial charge is 0.391 e. The van der Waals surface area contributed by atoms with Gasteiger partial charge in [0.05, 0.1) is 30.7 Å². The Balaban J connectivity index is 1.41. The van der Waals surface area contributed by atoms with Crippen molar-refractivity contribution < 1.29 is 17.7 Å². The molecule has 0 radical (unpaired) electrons. The number of aliphatic hydroxyl groups is 1. The first-order valence-corrected chi connectivity index (χ1v) is 12.7. The van der Waals surface area contributed by atoms with E-state index in [9.17, 15) is 13.5 Å². The minimum atomic E-state index is -3.88. The number of fused-ring (bicyclic) bond motifs is 2. The molecule has 0 saturated heterocycles. The highest BCUT2D eigenvalue weighted by molar-refractivity contribution is 7.84. The van der Waals surface area contributed by atoms with Crippen LogP contribution in [0.1, 0.15) is 49.4 Å². The van der Waals surface area contributed by atoms with Crippen LogP contribution < -0.4 is 10.0 Å². The van der Waals surface area contributed by atoms with E-state index in [-0.39, 0.29) is 12.1 Å². The lowest BCUT2D eigenvalue weighted by Crippen LogP contribution is -2.40. The maximum atomic E-state index is 11.8. The van der Waals surface area contributed by atoms with E-state index < -0.39 is 22.4 Å². The molecule has 2 heterocycles. The lowest BCUT2D eigenvalue weighted by molar-refractivity contribution is 0.154.